The molecule has 1 unspecified atom stereocenters. The van der Waals surface area contributed by atoms with Crippen molar-refractivity contribution in [1.29, 1.82) is 0 Å². The number of carbonyl (C=O) groups is 1. The highest BCUT2D eigenvalue weighted by Gasteiger charge is 2.19. The predicted octanol–water partition coefficient (Wildman–Crippen LogP) is 2.32. The molecule has 0 aliphatic carbocycles. The normalized spacial score (nSPS) is 18.4. The first-order chi connectivity index (χ1) is 10.5. The van der Waals surface area contributed by atoms with Gasteiger partial charge in [0.15, 0.2) is 11.2 Å². The molecule has 0 radical (unpaired) electrons. The van der Waals surface area contributed by atoms with E-state index in [9.17, 15) is 9.59 Å². The quantitative estimate of drug-likeness (QED) is 0.924. The molecule has 1 N–H and O–H groups in total. The van der Waals surface area contributed by atoms with Crippen molar-refractivity contribution < 1.29 is 13.9 Å². The van der Waals surface area contributed by atoms with Gasteiger partial charge in [-0.3, -0.25) is 9.59 Å². The van der Waals surface area contributed by atoms with E-state index >= 15 is 0 Å². The minimum absolute atomic E-state index is 0.0259. The molecule has 22 heavy (non-hydrogen) atoms. The van der Waals surface area contributed by atoms with Crippen LogP contribution in [0, 0.1) is 13.8 Å². The molecular formula is C17H19NO4. The SMILES string of the molecule is Cc1cc2oc(C(=O)NC3CCCOC3)cc(=O)c2cc1C. The van der Waals surface area contributed by atoms with Gasteiger partial charge in [-0.05, 0) is 49.9 Å². The van der Waals surface area contributed by atoms with Crippen LogP contribution in [-0.4, -0.2) is 25.2 Å². The van der Waals surface area contributed by atoms with E-state index in [0.29, 0.717) is 17.6 Å². The van der Waals surface area contributed by atoms with E-state index in [4.69, 9.17) is 9.15 Å². The van der Waals surface area contributed by atoms with Crippen LogP contribution >= 0.6 is 0 Å². The zero-order chi connectivity index (χ0) is 15.7. The lowest BCUT2D eigenvalue weighted by atomic mass is 10.1. The maximum absolute atomic E-state index is 12.3. The lowest BCUT2D eigenvalue weighted by Crippen LogP contribution is -2.40. The highest BCUT2D eigenvalue weighted by Crippen LogP contribution is 2.18. The Kier molecular flexibility index (Phi) is 3.98. The Bertz CT molecular complexity index is 772. The molecule has 1 aliphatic rings. The van der Waals surface area contributed by atoms with Crippen LogP contribution in [0.2, 0.25) is 0 Å². The molecule has 5 heteroatoms. The Hall–Kier alpha value is -2.14. The van der Waals surface area contributed by atoms with Crippen molar-refractivity contribution >= 4 is 16.9 Å². The predicted molar refractivity (Wildman–Crippen MR) is 83.3 cm³/mol. The van der Waals surface area contributed by atoms with Gasteiger partial charge in [-0.1, -0.05) is 0 Å². The van der Waals surface area contributed by atoms with Crippen molar-refractivity contribution in [2.45, 2.75) is 32.7 Å². The molecule has 2 aromatic rings. The fourth-order valence-electron chi connectivity index (χ4n) is 2.63. The molecule has 1 aromatic carbocycles. The lowest BCUT2D eigenvalue weighted by molar-refractivity contribution is 0.0612. The third-order valence-electron chi connectivity index (χ3n) is 4.06. The van der Waals surface area contributed by atoms with Crippen molar-refractivity contribution in [2.75, 3.05) is 13.2 Å². The number of fused-ring (bicyclic) bond motifs is 1. The fourth-order valence-corrected chi connectivity index (χ4v) is 2.63. The van der Waals surface area contributed by atoms with Crippen molar-refractivity contribution in [3.8, 4) is 0 Å². The van der Waals surface area contributed by atoms with E-state index < -0.39 is 0 Å². The van der Waals surface area contributed by atoms with Gasteiger partial charge in [-0.15, -0.1) is 0 Å². The summed E-state index contributed by atoms with van der Waals surface area (Å²) < 4.78 is 11.0. The van der Waals surface area contributed by atoms with Crippen LogP contribution in [0.25, 0.3) is 11.0 Å². The molecule has 116 valence electrons. The number of hydrogen-bond donors (Lipinski definition) is 1. The summed E-state index contributed by atoms with van der Waals surface area (Å²) in [5, 5.41) is 3.36. The number of amides is 1. The molecule has 3 rings (SSSR count). The topological polar surface area (TPSA) is 68.5 Å². The number of aryl methyl sites for hydroxylation is 2. The molecule has 1 aromatic heterocycles. The monoisotopic (exact) mass is 301 g/mol. The smallest absolute Gasteiger partial charge is 0.287 e. The zero-order valence-electron chi connectivity index (χ0n) is 12.8. The first kappa shape index (κ1) is 14.8. The second kappa shape index (κ2) is 5.93. The van der Waals surface area contributed by atoms with Crippen LogP contribution in [0.5, 0.6) is 0 Å². The van der Waals surface area contributed by atoms with Gasteiger partial charge < -0.3 is 14.5 Å². The van der Waals surface area contributed by atoms with E-state index in [1.165, 1.54) is 6.07 Å². The van der Waals surface area contributed by atoms with Gasteiger partial charge in [0.25, 0.3) is 5.91 Å². The van der Waals surface area contributed by atoms with Crippen LogP contribution in [0.15, 0.2) is 27.4 Å². The molecule has 1 amide bonds. The first-order valence-corrected chi connectivity index (χ1v) is 7.48. The van der Waals surface area contributed by atoms with Crippen molar-refractivity contribution in [3.05, 3.63) is 45.3 Å². The maximum Gasteiger partial charge on any atom is 0.287 e. The number of carbonyl (C=O) groups excluding carboxylic acids is 1. The molecule has 1 atom stereocenters. The molecule has 1 aliphatic heterocycles. The van der Waals surface area contributed by atoms with Gasteiger partial charge in [0.05, 0.1) is 18.0 Å². The second-order valence-electron chi connectivity index (χ2n) is 5.80. The van der Waals surface area contributed by atoms with Crippen molar-refractivity contribution in [1.82, 2.24) is 5.32 Å². The number of rotatable bonds is 2. The largest absolute Gasteiger partial charge is 0.451 e. The molecule has 1 fully saturated rings. The summed E-state index contributed by atoms with van der Waals surface area (Å²) >= 11 is 0. The summed E-state index contributed by atoms with van der Waals surface area (Å²) in [6.45, 7) is 5.12. The van der Waals surface area contributed by atoms with Crippen LogP contribution in [0.3, 0.4) is 0 Å². The van der Waals surface area contributed by atoms with Gasteiger partial charge in [0.1, 0.15) is 5.58 Å². The van der Waals surface area contributed by atoms with Crippen LogP contribution in [0.4, 0.5) is 0 Å². The highest BCUT2D eigenvalue weighted by atomic mass is 16.5. The summed E-state index contributed by atoms with van der Waals surface area (Å²) in [5.41, 5.74) is 2.29. The minimum Gasteiger partial charge on any atom is -0.451 e. The third-order valence-corrected chi connectivity index (χ3v) is 4.06. The average molecular weight is 301 g/mol. The van der Waals surface area contributed by atoms with Gasteiger partial charge in [0, 0.05) is 12.7 Å². The molecule has 0 bridgehead atoms. The Morgan fingerprint density at radius 2 is 2.00 bits per heavy atom. The molecule has 2 heterocycles. The summed E-state index contributed by atoms with van der Waals surface area (Å²) in [7, 11) is 0. The lowest BCUT2D eigenvalue weighted by Gasteiger charge is -2.22. The average Bonchev–Trinajstić information content (AvgIpc) is 2.50. The zero-order valence-corrected chi connectivity index (χ0v) is 12.8. The van der Waals surface area contributed by atoms with E-state index in [2.05, 4.69) is 5.32 Å². The number of ether oxygens (including phenoxy) is 1. The molecular weight excluding hydrogens is 282 g/mol. The standard InChI is InChI=1S/C17H19NO4/c1-10-6-13-14(19)8-16(22-15(13)7-11(10)2)17(20)18-12-4-3-5-21-9-12/h6-8,12H,3-5,9H2,1-2H3,(H,18,20). The van der Waals surface area contributed by atoms with Gasteiger partial charge in [0.2, 0.25) is 0 Å². The van der Waals surface area contributed by atoms with Crippen molar-refractivity contribution in [2.24, 2.45) is 0 Å². The van der Waals surface area contributed by atoms with Gasteiger partial charge in [-0.25, -0.2) is 0 Å². The Morgan fingerprint density at radius 3 is 2.73 bits per heavy atom. The Balaban J connectivity index is 1.92. The number of hydrogen-bond acceptors (Lipinski definition) is 4. The minimum atomic E-state index is -0.368. The molecule has 0 saturated carbocycles. The first-order valence-electron chi connectivity index (χ1n) is 7.48. The van der Waals surface area contributed by atoms with E-state index in [1.807, 2.05) is 13.8 Å². The summed E-state index contributed by atoms with van der Waals surface area (Å²) in [6, 6.07) is 4.83. The van der Waals surface area contributed by atoms with Gasteiger partial charge >= 0.3 is 0 Å². The summed E-state index contributed by atoms with van der Waals surface area (Å²) in [6.07, 6.45) is 1.80. The Labute approximate surface area is 128 Å². The highest BCUT2D eigenvalue weighted by molar-refractivity contribution is 5.93. The Morgan fingerprint density at radius 1 is 1.23 bits per heavy atom. The van der Waals surface area contributed by atoms with E-state index in [1.54, 1.807) is 12.1 Å². The summed E-state index contributed by atoms with van der Waals surface area (Å²) in [5.74, 6) is -0.320. The maximum atomic E-state index is 12.3. The third kappa shape index (κ3) is 2.90. The second-order valence-corrected chi connectivity index (χ2v) is 5.80. The van der Waals surface area contributed by atoms with Gasteiger partial charge in [-0.2, -0.15) is 0 Å². The van der Waals surface area contributed by atoms with Crippen LogP contribution in [0.1, 0.15) is 34.5 Å². The molecule has 1 saturated heterocycles. The fraction of sp³-hybridized carbons (Fsp3) is 0.412. The van der Waals surface area contributed by atoms with Crippen LogP contribution < -0.4 is 10.7 Å². The molecule has 0 spiro atoms. The molecule has 5 nitrogen and oxygen atoms in total. The van der Waals surface area contributed by atoms with E-state index in [0.717, 1.165) is 30.6 Å². The van der Waals surface area contributed by atoms with E-state index in [-0.39, 0.29) is 23.1 Å². The summed E-state index contributed by atoms with van der Waals surface area (Å²) in [4.78, 5) is 24.5. The van der Waals surface area contributed by atoms with Crippen molar-refractivity contribution in [3.63, 3.8) is 0 Å². The number of benzene rings is 1. The van der Waals surface area contributed by atoms with Crippen LogP contribution in [-0.2, 0) is 4.74 Å². The number of nitrogens with one attached hydrogen (secondary N) is 1.